The summed E-state index contributed by atoms with van der Waals surface area (Å²) < 4.78 is 0. The van der Waals surface area contributed by atoms with E-state index in [4.69, 9.17) is 5.73 Å². The molecule has 1 aliphatic rings. The van der Waals surface area contributed by atoms with Gasteiger partial charge in [-0.3, -0.25) is 5.10 Å². The Morgan fingerprint density at radius 2 is 2.19 bits per heavy atom. The van der Waals surface area contributed by atoms with Crippen LogP contribution in [0.3, 0.4) is 0 Å². The summed E-state index contributed by atoms with van der Waals surface area (Å²) in [6.07, 6.45) is 7.68. The van der Waals surface area contributed by atoms with Gasteiger partial charge in [-0.15, -0.1) is 0 Å². The first-order chi connectivity index (χ1) is 10.2. The van der Waals surface area contributed by atoms with Gasteiger partial charge in [0, 0.05) is 35.6 Å². The van der Waals surface area contributed by atoms with E-state index in [1.54, 1.807) is 12.4 Å². The zero-order valence-corrected chi connectivity index (χ0v) is 12.0. The van der Waals surface area contributed by atoms with Crippen LogP contribution in [0.25, 0.3) is 21.9 Å². The molecule has 2 atom stereocenters. The van der Waals surface area contributed by atoms with Gasteiger partial charge in [-0.25, -0.2) is 9.97 Å². The normalized spacial score (nSPS) is 23.0. The van der Waals surface area contributed by atoms with E-state index in [0.29, 0.717) is 6.04 Å². The Morgan fingerprint density at radius 3 is 3.10 bits per heavy atom. The van der Waals surface area contributed by atoms with Crippen LogP contribution in [-0.2, 0) is 0 Å². The van der Waals surface area contributed by atoms with Crippen LogP contribution in [0.1, 0.15) is 19.8 Å². The van der Waals surface area contributed by atoms with Crippen molar-refractivity contribution in [3.63, 3.8) is 0 Å². The minimum Gasteiger partial charge on any atom is -0.365 e. The first-order valence-electron chi connectivity index (χ1n) is 7.33. The molecule has 4 rings (SSSR count). The second kappa shape index (κ2) is 4.66. The number of anilines is 1. The van der Waals surface area contributed by atoms with Crippen molar-refractivity contribution in [3.8, 4) is 0 Å². The van der Waals surface area contributed by atoms with E-state index in [1.807, 2.05) is 12.3 Å². The molecular formula is C15H18N6. The van der Waals surface area contributed by atoms with Crippen molar-refractivity contribution in [3.05, 3.63) is 24.7 Å². The fourth-order valence-electron chi connectivity index (χ4n) is 3.24. The number of hydrogen-bond acceptors (Lipinski definition) is 5. The summed E-state index contributed by atoms with van der Waals surface area (Å²) in [4.78, 5) is 11.0. The summed E-state index contributed by atoms with van der Waals surface area (Å²) in [6, 6.07) is 2.69. The second-order valence-corrected chi connectivity index (χ2v) is 5.82. The number of piperidine rings is 1. The summed E-state index contributed by atoms with van der Waals surface area (Å²) in [5, 5.41) is 9.51. The van der Waals surface area contributed by atoms with Gasteiger partial charge in [-0.05, 0) is 25.8 Å². The molecule has 21 heavy (non-hydrogen) atoms. The lowest BCUT2D eigenvalue weighted by Gasteiger charge is -2.38. The number of fused-ring (bicyclic) bond motifs is 3. The van der Waals surface area contributed by atoms with Gasteiger partial charge in [0.15, 0.2) is 5.65 Å². The van der Waals surface area contributed by atoms with Crippen LogP contribution in [0.5, 0.6) is 0 Å². The fourth-order valence-corrected chi connectivity index (χ4v) is 3.24. The maximum absolute atomic E-state index is 6.17. The predicted octanol–water partition coefficient (Wildman–Crippen LogP) is 1.82. The molecule has 6 nitrogen and oxygen atoms in total. The van der Waals surface area contributed by atoms with E-state index in [2.05, 4.69) is 32.0 Å². The molecule has 0 aromatic carbocycles. The molecule has 0 saturated carbocycles. The Kier molecular flexibility index (Phi) is 2.78. The Hall–Kier alpha value is -2.21. The van der Waals surface area contributed by atoms with Gasteiger partial charge in [0.25, 0.3) is 0 Å². The molecule has 3 aromatic heterocycles. The summed E-state index contributed by atoms with van der Waals surface area (Å²) in [5.74, 6) is 0. The quantitative estimate of drug-likeness (QED) is 0.711. The molecule has 3 N–H and O–H groups in total. The minimum atomic E-state index is 0.218. The number of nitrogens with two attached hydrogens (primary N) is 1. The molecule has 1 aliphatic heterocycles. The van der Waals surface area contributed by atoms with Gasteiger partial charge in [-0.1, -0.05) is 0 Å². The van der Waals surface area contributed by atoms with Crippen LogP contribution < -0.4 is 10.6 Å². The lowest BCUT2D eigenvalue weighted by molar-refractivity contribution is 0.437. The van der Waals surface area contributed by atoms with Crippen molar-refractivity contribution in [2.45, 2.75) is 31.8 Å². The number of H-pyrrole nitrogens is 1. The molecule has 0 amide bonds. The number of pyridine rings is 1. The number of nitrogens with zero attached hydrogens (tertiary/aromatic N) is 4. The number of aromatic amines is 1. The Morgan fingerprint density at radius 1 is 1.29 bits per heavy atom. The molecule has 3 aromatic rings. The van der Waals surface area contributed by atoms with Gasteiger partial charge >= 0.3 is 0 Å². The third kappa shape index (κ3) is 1.94. The Bertz CT molecular complexity index is 795. The average molecular weight is 282 g/mol. The van der Waals surface area contributed by atoms with Crippen molar-refractivity contribution in [2.24, 2.45) is 5.73 Å². The summed E-state index contributed by atoms with van der Waals surface area (Å²) in [5.41, 5.74) is 8.99. The zero-order chi connectivity index (χ0) is 14.4. The van der Waals surface area contributed by atoms with Crippen molar-refractivity contribution < 1.29 is 0 Å². The second-order valence-electron chi connectivity index (χ2n) is 5.82. The van der Waals surface area contributed by atoms with Crippen LogP contribution in [0, 0.1) is 0 Å². The molecule has 0 spiro atoms. The van der Waals surface area contributed by atoms with E-state index in [-0.39, 0.29) is 6.04 Å². The summed E-state index contributed by atoms with van der Waals surface area (Å²) in [6.45, 7) is 3.11. The van der Waals surface area contributed by atoms with Gasteiger partial charge in [-0.2, -0.15) is 5.10 Å². The molecule has 1 fully saturated rings. The first-order valence-corrected chi connectivity index (χ1v) is 7.33. The van der Waals surface area contributed by atoms with Gasteiger partial charge < -0.3 is 10.6 Å². The van der Waals surface area contributed by atoms with Crippen molar-refractivity contribution in [1.29, 1.82) is 0 Å². The van der Waals surface area contributed by atoms with Crippen molar-refractivity contribution in [2.75, 3.05) is 11.4 Å². The lowest BCUT2D eigenvalue weighted by Crippen LogP contribution is -2.47. The maximum Gasteiger partial charge on any atom is 0.159 e. The molecule has 0 bridgehead atoms. The van der Waals surface area contributed by atoms with E-state index < -0.39 is 0 Å². The third-order valence-electron chi connectivity index (χ3n) is 4.39. The number of hydrogen-bond donors (Lipinski definition) is 2. The highest BCUT2D eigenvalue weighted by molar-refractivity contribution is 6.09. The average Bonchev–Trinajstić information content (AvgIpc) is 2.98. The fraction of sp³-hybridized carbons (Fsp3) is 0.400. The van der Waals surface area contributed by atoms with Crippen LogP contribution >= 0.6 is 0 Å². The predicted molar refractivity (Wildman–Crippen MR) is 83.2 cm³/mol. The molecule has 1 saturated heterocycles. The van der Waals surface area contributed by atoms with Gasteiger partial charge in [0.05, 0.1) is 23.6 Å². The topological polar surface area (TPSA) is 83.7 Å². The highest BCUT2D eigenvalue weighted by Gasteiger charge is 2.25. The Balaban J connectivity index is 1.97. The molecule has 108 valence electrons. The molecule has 0 aliphatic carbocycles. The highest BCUT2D eigenvalue weighted by Crippen LogP contribution is 2.33. The maximum atomic E-state index is 6.17. The number of nitrogens with one attached hydrogen (secondary N) is 1. The molecule has 2 unspecified atom stereocenters. The lowest BCUT2D eigenvalue weighted by atomic mass is 9.98. The summed E-state index contributed by atoms with van der Waals surface area (Å²) in [7, 11) is 0. The third-order valence-corrected chi connectivity index (χ3v) is 4.39. The number of aromatic nitrogens is 4. The smallest absolute Gasteiger partial charge is 0.159 e. The monoisotopic (exact) mass is 282 g/mol. The van der Waals surface area contributed by atoms with E-state index >= 15 is 0 Å². The van der Waals surface area contributed by atoms with E-state index in [1.165, 1.54) is 0 Å². The van der Waals surface area contributed by atoms with E-state index in [0.717, 1.165) is 47.0 Å². The van der Waals surface area contributed by atoms with Crippen LogP contribution in [0.4, 0.5) is 5.69 Å². The van der Waals surface area contributed by atoms with E-state index in [9.17, 15) is 0 Å². The number of rotatable bonds is 1. The van der Waals surface area contributed by atoms with Crippen molar-refractivity contribution in [1.82, 2.24) is 20.2 Å². The molecular weight excluding hydrogens is 264 g/mol. The van der Waals surface area contributed by atoms with Crippen LogP contribution in [-0.4, -0.2) is 38.8 Å². The molecule has 0 radical (unpaired) electrons. The SMILES string of the molecule is CC1CCC(N)CN1c1cn[nH]c2cnc3nccc3c12. The van der Waals surface area contributed by atoms with Gasteiger partial charge in [0.2, 0.25) is 0 Å². The standard InChI is InChI=1S/C15H18N6/c1-9-2-3-10(16)8-21(9)13-7-19-20-12-6-18-15-11(14(12)13)4-5-17-15/h4-7,9-10,20H,2-3,8,16H2,1H3. The first kappa shape index (κ1) is 12.5. The minimum absolute atomic E-state index is 0.218. The highest BCUT2D eigenvalue weighted by atomic mass is 15.2. The molecule has 4 heterocycles. The van der Waals surface area contributed by atoms with Crippen LogP contribution in [0.2, 0.25) is 0 Å². The largest absolute Gasteiger partial charge is 0.365 e. The van der Waals surface area contributed by atoms with Crippen LogP contribution in [0.15, 0.2) is 24.7 Å². The molecule has 6 heteroatoms. The van der Waals surface area contributed by atoms with Crippen molar-refractivity contribution >= 4 is 27.6 Å². The Labute approximate surface area is 122 Å². The summed E-state index contributed by atoms with van der Waals surface area (Å²) >= 11 is 0. The van der Waals surface area contributed by atoms with Gasteiger partial charge in [0.1, 0.15) is 0 Å². The zero-order valence-electron chi connectivity index (χ0n) is 12.0.